The molecule has 0 bridgehead atoms. The van der Waals surface area contributed by atoms with Gasteiger partial charge < -0.3 is 9.26 Å². The number of rotatable bonds is 4. The Balaban J connectivity index is 1.04. The van der Waals surface area contributed by atoms with E-state index in [0.29, 0.717) is 0 Å². The number of benzene rings is 4. The van der Waals surface area contributed by atoms with Gasteiger partial charge in [-0.3, -0.25) is 4.57 Å². The molecule has 234 valence electrons. The standard InChI is InChI=1S/C43H29N3O2S/c1-4-15-34-29(12-1)30-13-2-5-16-35(30)43(34)39-40(45-48-41(39)33-21-23-49-42(33)43)26-10-9-11-27(24-26)47-28-19-20-32-31-14-3-6-17-36(31)46(37(32)25-28)38-18-7-8-22-44-38/h1,3-4,6-12,14-15,17-25H,2,5,13,16H2. The van der Waals surface area contributed by atoms with Gasteiger partial charge in [0.2, 0.25) is 0 Å². The molecule has 49 heavy (non-hydrogen) atoms. The van der Waals surface area contributed by atoms with Gasteiger partial charge in [0.15, 0.2) is 5.76 Å². The highest BCUT2D eigenvalue weighted by atomic mass is 32.1. The Morgan fingerprint density at radius 3 is 2.55 bits per heavy atom. The van der Waals surface area contributed by atoms with Gasteiger partial charge in [0.1, 0.15) is 23.0 Å². The topological polar surface area (TPSA) is 53.1 Å². The highest BCUT2D eigenvalue weighted by Crippen LogP contribution is 2.67. The van der Waals surface area contributed by atoms with Crippen molar-refractivity contribution in [2.45, 2.75) is 31.1 Å². The van der Waals surface area contributed by atoms with Crippen molar-refractivity contribution >= 4 is 38.7 Å². The molecule has 3 aliphatic rings. The van der Waals surface area contributed by atoms with Crippen molar-refractivity contribution in [3.8, 4) is 39.9 Å². The van der Waals surface area contributed by atoms with Crippen LogP contribution in [0.25, 0.3) is 55.8 Å². The second-order valence-electron chi connectivity index (χ2n) is 13.2. The Bertz CT molecular complexity index is 2660. The number of ether oxygens (including phenoxy) is 1. The molecular formula is C43H29N3O2S. The molecule has 1 atom stereocenters. The molecule has 0 amide bonds. The minimum absolute atomic E-state index is 0.360. The average molecular weight is 652 g/mol. The van der Waals surface area contributed by atoms with Crippen molar-refractivity contribution in [1.29, 1.82) is 0 Å². The third-order valence-electron chi connectivity index (χ3n) is 10.8. The first-order valence-electron chi connectivity index (χ1n) is 16.9. The molecule has 0 saturated heterocycles. The molecule has 0 N–H and O–H groups in total. The number of nitrogens with zero attached hydrogens (tertiary/aromatic N) is 3. The number of thiophene rings is 1. The van der Waals surface area contributed by atoms with Crippen molar-refractivity contribution in [2.24, 2.45) is 0 Å². The SMILES string of the molecule is c1ccc(-n2c3ccccc3c3ccc(Oc4cccc(-c5noc6c5C5(C7=C(CCCC7)c7ccccc75)c5sccc5-6)c4)cc32)nc1. The maximum atomic E-state index is 6.64. The van der Waals surface area contributed by atoms with E-state index in [1.54, 1.807) is 0 Å². The highest BCUT2D eigenvalue weighted by molar-refractivity contribution is 7.10. The molecular weight excluding hydrogens is 623 g/mol. The van der Waals surface area contributed by atoms with E-state index in [4.69, 9.17) is 14.4 Å². The molecule has 3 aliphatic carbocycles. The number of allylic oxidation sites excluding steroid dienone is 2. The Hall–Kier alpha value is -5.72. The van der Waals surface area contributed by atoms with Gasteiger partial charge in [0.05, 0.1) is 16.4 Å². The van der Waals surface area contributed by atoms with Crippen LogP contribution < -0.4 is 4.74 Å². The zero-order valence-corrected chi connectivity index (χ0v) is 27.3. The first-order chi connectivity index (χ1) is 24.3. The van der Waals surface area contributed by atoms with Crippen LogP contribution in [0.3, 0.4) is 0 Å². The fourth-order valence-electron chi connectivity index (χ4n) is 8.90. The van der Waals surface area contributed by atoms with Gasteiger partial charge in [0.25, 0.3) is 0 Å². The summed E-state index contributed by atoms with van der Waals surface area (Å²) in [5.41, 5.74) is 11.9. The third-order valence-corrected chi connectivity index (χ3v) is 11.8. The normalized spacial score (nSPS) is 17.5. The zero-order chi connectivity index (χ0) is 32.1. The van der Waals surface area contributed by atoms with Gasteiger partial charge in [-0.2, -0.15) is 0 Å². The summed E-state index contributed by atoms with van der Waals surface area (Å²) in [7, 11) is 0. The Morgan fingerprint density at radius 2 is 1.59 bits per heavy atom. The second kappa shape index (κ2) is 10.1. The Morgan fingerprint density at radius 1 is 0.735 bits per heavy atom. The van der Waals surface area contributed by atoms with Crippen LogP contribution in [0, 0.1) is 0 Å². The van der Waals surface area contributed by atoms with Crippen molar-refractivity contribution in [2.75, 3.05) is 0 Å². The molecule has 11 rings (SSSR count). The van der Waals surface area contributed by atoms with E-state index < -0.39 is 0 Å². The van der Waals surface area contributed by atoms with Crippen LogP contribution in [0.15, 0.2) is 137 Å². The lowest BCUT2D eigenvalue weighted by Crippen LogP contribution is -2.27. The fraction of sp³-hybridized carbons (Fsp3) is 0.116. The highest BCUT2D eigenvalue weighted by Gasteiger charge is 2.57. The van der Waals surface area contributed by atoms with Gasteiger partial charge in [-0.25, -0.2) is 4.98 Å². The number of hydrogen-bond donors (Lipinski definition) is 0. The minimum Gasteiger partial charge on any atom is -0.457 e. The summed E-state index contributed by atoms with van der Waals surface area (Å²) in [6.45, 7) is 0. The summed E-state index contributed by atoms with van der Waals surface area (Å²) in [5, 5.41) is 9.37. The van der Waals surface area contributed by atoms with Crippen LogP contribution in [0.2, 0.25) is 0 Å². The van der Waals surface area contributed by atoms with Crippen LogP contribution >= 0.6 is 11.3 Å². The monoisotopic (exact) mass is 651 g/mol. The van der Waals surface area contributed by atoms with Crippen LogP contribution in [-0.2, 0) is 5.41 Å². The van der Waals surface area contributed by atoms with Gasteiger partial charge in [-0.15, -0.1) is 11.3 Å². The van der Waals surface area contributed by atoms with Crippen molar-refractivity contribution in [3.05, 3.63) is 154 Å². The lowest BCUT2D eigenvalue weighted by atomic mass is 9.70. The molecule has 0 aliphatic heterocycles. The quantitative estimate of drug-likeness (QED) is 0.190. The predicted molar refractivity (Wildman–Crippen MR) is 196 cm³/mol. The number of aromatic nitrogens is 3. The minimum atomic E-state index is -0.360. The van der Waals surface area contributed by atoms with Crippen LogP contribution in [0.1, 0.15) is 47.3 Å². The van der Waals surface area contributed by atoms with E-state index in [-0.39, 0.29) is 5.41 Å². The maximum Gasteiger partial charge on any atom is 0.173 e. The Kier molecular flexibility index (Phi) is 5.64. The lowest BCUT2D eigenvalue weighted by Gasteiger charge is -2.32. The second-order valence-corrected chi connectivity index (χ2v) is 14.1. The van der Waals surface area contributed by atoms with Crippen LogP contribution in [-0.4, -0.2) is 14.7 Å². The number of para-hydroxylation sites is 1. The van der Waals surface area contributed by atoms with Gasteiger partial charge in [-0.05, 0) is 102 Å². The zero-order valence-electron chi connectivity index (χ0n) is 26.5. The molecule has 8 aromatic rings. The fourth-order valence-corrected chi connectivity index (χ4v) is 10.0. The van der Waals surface area contributed by atoms with E-state index in [1.807, 2.05) is 41.8 Å². The van der Waals surface area contributed by atoms with E-state index in [0.717, 1.165) is 63.6 Å². The van der Waals surface area contributed by atoms with E-state index in [2.05, 4.69) is 106 Å². The summed E-state index contributed by atoms with van der Waals surface area (Å²) in [6.07, 6.45) is 6.49. The van der Waals surface area contributed by atoms with Crippen LogP contribution in [0.4, 0.5) is 0 Å². The van der Waals surface area contributed by atoms with Crippen LogP contribution in [0.5, 0.6) is 11.5 Å². The van der Waals surface area contributed by atoms with Crippen molar-refractivity contribution < 1.29 is 9.26 Å². The first-order valence-corrected chi connectivity index (χ1v) is 17.8. The number of fused-ring (bicyclic) bond motifs is 12. The van der Waals surface area contributed by atoms with E-state index >= 15 is 0 Å². The summed E-state index contributed by atoms with van der Waals surface area (Å²) < 4.78 is 15.1. The molecule has 6 heteroatoms. The molecule has 0 saturated carbocycles. The molecule has 1 unspecified atom stereocenters. The molecule has 4 aromatic heterocycles. The number of hydrogen-bond acceptors (Lipinski definition) is 5. The van der Waals surface area contributed by atoms with E-state index in [1.165, 1.54) is 56.5 Å². The molecule has 0 fully saturated rings. The average Bonchev–Trinajstić information content (AvgIpc) is 3.96. The molecule has 4 heterocycles. The first kappa shape index (κ1) is 27.3. The van der Waals surface area contributed by atoms with Gasteiger partial charge in [0, 0.05) is 44.6 Å². The maximum absolute atomic E-state index is 6.64. The Labute approximate surface area is 286 Å². The summed E-state index contributed by atoms with van der Waals surface area (Å²) in [5.74, 6) is 3.29. The summed E-state index contributed by atoms with van der Waals surface area (Å²) in [4.78, 5) is 6.06. The smallest absolute Gasteiger partial charge is 0.173 e. The van der Waals surface area contributed by atoms with E-state index in [9.17, 15) is 0 Å². The predicted octanol–water partition coefficient (Wildman–Crippen LogP) is 11.3. The summed E-state index contributed by atoms with van der Waals surface area (Å²) in [6, 6.07) is 40.3. The molecule has 1 spiro atoms. The van der Waals surface area contributed by atoms with Gasteiger partial charge >= 0.3 is 0 Å². The molecule has 4 aromatic carbocycles. The van der Waals surface area contributed by atoms with Crippen molar-refractivity contribution in [1.82, 2.24) is 14.7 Å². The number of pyridine rings is 1. The third kappa shape index (κ3) is 3.64. The van der Waals surface area contributed by atoms with Gasteiger partial charge in [-0.1, -0.05) is 65.8 Å². The molecule has 5 nitrogen and oxygen atoms in total. The summed E-state index contributed by atoms with van der Waals surface area (Å²) >= 11 is 1.85. The van der Waals surface area contributed by atoms with Crippen molar-refractivity contribution in [3.63, 3.8) is 0 Å². The molecule has 0 radical (unpaired) electrons. The lowest BCUT2D eigenvalue weighted by molar-refractivity contribution is 0.435. The largest absolute Gasteiger partial charge is 0.457 e.